The van der Waals surface area contributed by atoms with Crippen LogP contribution in [-0.2, 0) is 6.54 Å². The van der Waals surface area contributed by atoms with E-state index in [1.807, 2.05) is 10.6 Å². The normalized spacial score (nSPS) is 10.9. The standard InChI is InChI=1S/C17H16FN3O2S/c1-2-9-21-16(15-4-3-10-23-15)19-20-17(21)24-11-14(22)12-5-7-13(18)8-6-12/h3-8,10H,2,9,11H2,1H3. The van der Waals surface area contributed by atoms with Crippen LogP contribution in [0, 0.1) is 5.82 Å². The van der Waals surface area contributed by atoms with Gasteiger partial charge in [-0.2, -0.15) is 0 Å². The Hall–Kier alpha value is -2.41. The van der Waals surface area contributed by atoms with Crippen molar-refractivity contribution in [3.05, 3.63) is 54.0 Å². The lowest BCUT2D eigenvalue weighted by Gasteiger charge is -2.07. The summed E-state index contributed by atoms with van der Waals surface area (Å²) in [5.74, 6) is 1.08. The van der Waals surface area contributed by atoms with E-state index in [4.69, 9.17) is 4.42 Å². The Kier molecular flexibility index (Phi) is 5.10. The van der Waals surface area contributed by atoms with Crippen LogP contribution < -0.4 is 0 Å². The number of halogens is 1. The largest absolute Gasteiger partial charge is 0.461 e. The molecule has 0 spiro atoms. The zero-order valence-corrected chi connectivity index (χ0v) is 13.9. The maximum Gasteiger partial charge on any atom is 0.200 e. The van der Waals surface area contributed by atoms with E-state index in [0.717, 1.165) is 13.0 Å². The Morgan fingerprint density at radius 3 is 2.71 bits per heavy atom. The number of hydrogen-bond donors (Lipinski definition) is 0. The lowest BCUT2D eigenvalue weighted by Crippen LogP contribution is -2.06. The highest BCUT2D eigenvalue weighted by molar-refractivity contribution is 7.99. The number of carbonyl (C=O) groups is 1. The molecule has 7 heteroatoms. The first kappa shape index (κ1) is 16.4. The van der Waals surface area contributed by atoms with Gasteiger partial charge in [-0.25, -0.2) is 4.39 Å². The maximum atomic E-state index is 12.9. The maximum absolute atomic E-state index is 12.9. The van der Waals surface area contributed by atoms with Crippen LogP contribution in [0.2, 0.25) is 0 Å². The number of Topliss-reactive ketones (excluding diaryl/α,β-unsaturated/α-hetero) is 1. The van der Waals surface area contributed by atoms with Crippen LogP contribution in [0.4, 0.5) is 4.39 Å². The fourth-order valence-electron chi connectivity index (χ4n) is 2.26. The van der Waals surface area contributed by atoms with Gasteiger partial charge >= 0.3 is 0 Å². The van der Waals surface area contributed by atoms with Crippen molar-refractivity contribution in [2.24, 2.45) is 0 Å². The molecule has 24 heavy (non-hydrogen) atoms. The van der Waals surface area contributed by atoms with Crippen LogP contribution in [0.5, 0.6) is 0 Å². The molecule has 0 saturated carbocycles. The van der Waals surface area contributed by atoms with E-state index in [9.17, 15) is 9.18 Å². The van der Waals surface area contributed by atoms with E-state index >= 15 is 0 Å². The average molecular weight is 345 g/mol. The minimum atomic E-state index is -0.356. The van der Waals surface area contributed by atoms with E-state index in [2.05, 4.69) is 17.1 Å². The molecule has 2 aromatic heterocycles. The van der Waals surface area contributed by atoms with Gasteiger partial charge in [0.25, 0.3) is 0 Å². The first-order valence-corrected chi connectivity index (χ1v) is 8.56. The van der Waals surface area contributed by atoms with E-state index in [1.54, 1.807) is 12.3 Å². The van der Waals surface area contributed by atoms with Crippen LogP contribution in [0.1, 0.15) is 23.7 Å². The molecule has 0 aliphatic rings. The van der Waals surface area contributed by atoms with Gasteiger partial charge in [-0.3, -0.25) is 9.36 Å². The van der Waals surface area contributed by atoms with Crippen molar-refractivity contribution >= 4 is 17.5 Å². The fraction of sp³-hybridized carbons (Fsp3) is 0.235. The van der Waals surface area contributed by atoms with E-state index in [0.29, 0.717) is 22.3 Å². The molecule has 0 bridgehead atoms. The van der Waals surface area contributed by atoms with Crippen molar-refractivity contribution in [3.8, 4) is 11.6 Å². The highest BCUT2D eigenvalue weighted by atomic mass is 32.2. The monoisotopic (exact) mass is 345 g/mol. The van der Waals surface area contributed by atoms with Gasteiger partial charge in [0.05, 0.1) is 12.0 Å². The number of aromatic nitrogens is 3. The van der Waals surface area contributed by atoms with Crippen molar-refractivity contribution in [2.75, 3.05) is 5.75 Å². The smallest absolute Gasteiger partial charge is 0.200 e. The van der Waals surface area contributed by atoms with Gasteiger partial charge in [0.2, 0.25) is 0 Å². The van der Waals surface area contributed by atoms with Gasteiger partial charge in [0, 0.05) is 12.1 Å². The molecular weight excluding hydrogens is 329 g/mol. The third-order valence-corrected chi connectivity index (χ3v) is 4.37. The van der Waals surface area contributed by atoms with Gasteiger partial charge in [-0.1, -0.05) is 18.7 Å². The molecule has 2 heterocycles. The van der Waals surface area contributed by atoms with Crippen molar-refractivity contribution in [2.45, 2.75) is 25.0 Å². The second-order valence-corrected chi connectivity index (χ2v) is 6.10. The Labute approximate surface area is 142 Å². The number of furan rings is 1. The summed E-state index contributed by atoms with van der Waals surface area (Å²) in [5, 5.41) is 9.02. The highest BCUT2D eigenvalue weighted by Gasteiger charge is 2.17. The molecule has 0 aliphatic heterocycles. The van der Waals surface area contributed by atoms with Crippen molar-refractivity contribution in [1.82, 2.24) is 14.8 Å². The summed E-state index contributed by atoms with van der Waals surface area (Å²) < 4.78 is 20.3. The molecule has 0 fully saturated rings. The minimum Gasteiger partial charge on any atom is -0.461 e. The van der Waals surface area contributed by atoms with E-state index in [1.165, 1.54) is 36.0 Å². The first-order valence-electron chi connectivity index (χ1n) is 7.57. The molecule has 3 rings (SSSR count). The summed E-state index contributed by atoms with van der Waals surface area (Å²) in [4.78, 5) is 12.2. The topological polar surface area (TPSA) is 60.9 Å². The Bertz CT molecular complexity index is 813. The SMILES string of the molecule is CCCn1c(SCC(=O)c2ccc(F)cc2)nnc1-c1ccco1. The van der Waals surface area contributed by atoms with Crippen LogP contribution in [0.25, 0.3) is 11.6 Å². The molecule has 5 nitrogen and oxygen atoms in total. The summed E-state index contributed by atoms with van der Waals surface area (Å²) in [6, 6.07) is 9.17. The lowest BCUT2D eigenvalue weighted by atomic mass is 10.1. The zero-order chi connectivity index (χ0) is 16.9. The predicted octanol–water partition coefficient (Wildman–Crippen LogP) is 4.06. The number of thioether (sulfide) groups is 1. The van der Waals surface area contributed by atoms with Crippen LogP contribution in [-0.4, -0.2) is 26.3 Å². The fourth-order valence-corrected chi connectivity index (χ4v) is 3.12. The molecular formula is C17H16FN3O2S. The Morgan fingerprint density at radius 1 is 1.25 bits per heavy atom. The third kappa shape index (κ3) is 3.56. The zero-order valence-electron chi connectivity index (χ0n) is 13.1. The number of nitrogens with zero attached hydrogens (tertiary/aromatic N) is 3. The van der Waals surface area contributed by atoms with Crippen molar-refractivity contribution in [1.29, 1.82) is 0 Å². The number of hydrogen-bond acceptors (Lipinski definition) is 5. The number of carbonyl (C=O) groups excluding carboxylic acids is 1. The molecule has 1 aromatic carbocycles. The van der Waals surface area contributed by atoms with Gasteiger partial charge in [-0.05, 0) is 42.8 Å². The van der Waals surface area contributed by atoms with Crippen LogP contribution in [0.3, 0.4) is 0 Å². The third-order valence-electron chi connectivity index (χ3n) is 3.40. The summed E-state index contributed by atoms with van der Waals surface area (Å²) in [6.45, 7) is 2.79. The quantitative estimate of drug-likeness (QED) is 0.477. The van der Waals surface area contributed by atoms with Crippen LogP contribution >= 0.6 is 11.8 Å². The van der Waals surface area contributed by atoms with Crippen molar-refractivity contribution in [3.63, 3.8) is 0 Å². The molecule has 0 radical (unpaired) electrons. The highest BCUT2D eigenvalue weighted by Crippen LogP contribution is 2.25. The van der Waals surface area contributed by atoms with Gasteiger partial charge in [-0.15, -0.1) is 10.2 Å². The van der Waals surface area contributed by atoms with E-state index < -0.39 is 0 Å². The molecule has 124 valence electrons. The lowest BCUT2D eigenvalue weighted by molar-refractivity contribution is 0.102. The number of rotatable bonds is 7. The summed E-state index contributed by atoms with van der Waals surface area (Å²) in [5.41, 5.74) is 0.483. The van der Waals surface area contributed by atoms with E-state index in [-0.39, 0.29) is 17.4 Å². The molecule has 3 aromatic rings. The molecule has 0 unspecified atom stereocenters. The first-order chi connectivity index (χ1) is 11.7. The summed E-state index contributed by atoms with van der Waals surface area (Å²) in [6.07, 6.45) is 2.50. The number of ketones is 1. The van der Waals surface area contributed by atoms with Gasteiger partial charge in [0.1, 0.15) is 5.82 Å². The molecule has 0 saturated heterocycles. The minimum absolute atomic E-state index is 0.0782. The summed E-state index contributed by atoms with van der Waals surface area (Å²) in [7, 11) is 0. The molecule has 0 N–H and O–H groups in total. The van der Waals surface area contributed by atoms with Crippen molar-refractivity contribution < 1.29 is 13.6 Å². The number of benzene rings is 1. The second kappa shape index (κ2) is 7.44. The van der Waals surface area contributed by atoms with Gasteiger partial charge in [0.15, 0.2) is 22.5 Å². The predicted molar refractivity (Wildman–Crippen MR) is 89.5 cm³/mol. The second-order valence-electron chi connectivity index (χ2n) is 5.15. The summed E-state index contributed by atoms with van der Waals surface area (Å²) >= 11 is 1.32. The average Bonchev–Trinajstić information content (AvgIpc) is 3.23. The molecule has 0 amide bonds. The Balaban J connectivity index is 1.75. The molecule has 0 aliphatic carbocycles. The van der Waals surface area contributed by atoms with Crippen LogP contribution in [0.15, 0.2) is 52.2 Å². The Morgan fingerprint density at radius 2 is 2.04 bits per heavy atom. The van der Waals surface area contributed by atoms with Gasteiger partial charge < -0.3 is 4.42 Å². The molecule has 0 atom stereocenters.